The molecule has 3 N–H and O–H groups in total. The van der Waals surface area contributed by atoms with E-state index in [1.54, 1.807) is 0 Å². The Labute approximate surface area is 120 Å². The molecule has 0 saturated carbocycles. The Balaban J connectivity index is 2.33. The van der Waals surface area contributed by atoms with Gasteiger partial charge in [-0.05, 0) is 34.1 Å². The first kappa shape index (κ1) is 14.2. The minimum atomic E-state index is -0.671. The van der Waals surface area contributed by atoms with Crippen LogP contribution in [-0.2, 0) is 0 Å². The van der Waals surface area contributed by atoms with Gasteiger partial charge in [0.25, 0.3) is 5.69 Å². The van der Waals surface area contributed by atoms with Crippen LogP contribution in [0.2, 0.25) is 0 Å². The van der Waals surface area contributed by atoms with E-state index in [1.165, 1.54) is 18.2 Å². The molecule has 0 bridgehead atoms. The summed E-state index contributed by atoms with van der Waals surface area (Å²) in [5, 5.41) is 13.2. The topological polar surface area (TPSA) is 81.2 Å². The molecule has 0 radical (unpaired) electrons. The van der Waals surface area contributed by atoms with Crippen molar-refractivity contribution in [1.82, 2.24) is 0 Å². The van der Waals surface area contributed by atoms with Gasteiger partial charge in [0.2, 0.25) is 0 Å². The van der Waals surface area contributed by atoms with Crippen LogP contribution in [0.25, 0.3) is 0 Å². The van der Waals surface area contributed by atoms with Crippen molar-refractivity contribution >= 4 is 38.7 Å². The lowest BCUT2D eigenvalue weighted by atomic mass is 10.2. The quantitative estimate of drug-likeness (QED) is 0.382. The summed E-state index contributed by atoms with van der Waals surface area (Å²) in [7, 11) is 0. The molecule has 0 aliphatic heterocycles. The summed E-state index contributed by atoms with van der Waals surface area (Å²) in [5.41, 5.74) is 5.40. The van der Waals surface area contributed by atoms with E-state index in [4.69, 9.17) is 5.73 Å². The van der Waals surface area contributed by atoms with Gasteiger partial charge in [-0.1, -0.05) is 0 Å². The van der Waals surface area contributed by atoms with Gasteiger partial charge in [0.1, 0.15) is 17.3 Å². The Bertz CT molecular complexity index is 695. The summed E-state index contributed by atoms with van der Waals surface area (Å²) < 4.78 is 27.0. The zero-order chi connectivity index (χ0) is 14.9. The van der Waals surface area contributed by atoms with Crippen molar-refractivity contribution in [3.8, 4) is 0 Å². The maximum Gasteiger partial charge on any atom is 0.292 e. The molecule has 0 aliphatic carbocycles. The molecule has 0 saturated heterocycles. The van der Waals surface area contributed by atoms with Gasteiger partial charge in [-0.25, -0.2) is 8.78 Å². The van der Waals surface area contributed by atoms with E-state index in [1.807, 2.05) is 0 Å². The highest BCUT2D eigenvalue weighted by Crippen LogP contribution is 2.29. The summed E-state index contributed by atoms with van der Waals surface area (Å²) in [5.74, 6) is -1.31. The first-order chi connectivity index (χ1) is 9.38. The fraction of sp³-hybridized carbons (Fsp3) is 0. The molecule has 0 aromatic heterocycles. The standard InChI is InChI=1S/C12H8BrF2N3O2/c13-7-4-9(15)11(5-8(7)14)17-6-1-2-12(18(19)20)10(16)3-6/h1-5,17H,16H2. The Morgan fingerprint density at radius 1 is 1.20 bits per heavy atom. The normalized spacial score (nSPS) is 10.3. The number of rotatable bonds is 3. The molecule has 0 aliphatic rings. The van der Waals surface area contributed by atoms with Crippen molar-refractivity contribution in [2.45, 2.75) is 0 Å². The number of nitrogens with two attached hydrogens (primary N) is 1. The highest BCUT2D eigenvalue weighted by Gasteiger charge is 2.13. The van der Waals surface area contributed by atoms with E-state index in [2.05, 4.69) is 21.2 Å². The first-order valence-electron chi connectivity index (χ1n) is 5.34. The van der Waals surface area contributed by atoms with Gasteiger partial charge in [-0.3, -0.25) is 10.1 Å². The van der Waals surface area contributed by atoms with Crippen LogP contribution in [0.15, 0.2) is 34.8 Å². The van der Waals surface area contributed by atoms with Crippen LogP contribution in [0.3, 0.4) is 0 Å². The SMILES string of the molecule is Nc1cc(Nc2cc(F)c(Br)cc2F)ccc1[N+](=O)[O-]. The molecule has 2 aromatic carbocycles. The van der Waals surface area contributed by atoms with Crippen LogP contribution in [-0.4, -0.2) is 4.92 Å². The lowest BCUT2D eigenvalue weighted by Gasteiger charge is -2.09. The molecule has 0 spiro atoms. The Kier molecular flexibility index (Phi) is 3.84. The summed E-state index contributed by atoms with van der Waals surface area (Å²) in [6.07, 6.45) is 0. The van der Waals surface area contributed by atoms with E-state index >= 15 is 0 Å². The monoisotopic (exact) mass is 343 g/mol. The fourth-order valence-electron chi connectivity index (χ4n) is 1.57. The molecule has 2 rings (SSSR count). The lowest BCUT2D eigenvalue weighted by Crippen LogP contribution is -1.99. The zero-order valence-electron chi connectivity index (χ0n) is 9.86. The average molecular weight is 344 g/mol. The number of hydrogen-bond acceptors (Lipinski definition) is 4. The molecule has 0 amide bonds. The maximum atomic E-state index is 13.6. The number of hydrogen-bond donors (Lipinski definition) is 2. The highest BCUT2D eigenvalue weighted by molar-refractivity contribution is 9.10. The number of benzene rings is 2. The Hall–Kier alpha value is -2.22. The molecule has 0 unspecified atom stereocenters. The summed E-state index contributed by atoms with van der Waals surface area (Å²) in [4.78, 5) is 9.99. The largest absolute Gasteiger partial charge is 0.393 e. The van der Waals surface area contributed by atoms with Crippen molar-refractivity contribution in [2.24, 2.45) is 0 Å². The van der Waals surface area contributed by atoms with Gasteiger partial charge < -0.3 is 11.1 Å². The van der Waals surface area contributed by atoms with Crippen LogP contribution >= 0.6 is 15.9 Å². The van der Waals surface area contributed by atoms with Gasteiger partial charge >= 0.3 is 0 Å². The van der Waals surface area contributed by atoms with Crippen LogP contribution in [0.4, 0.5) is 31.5 Å². The number of halogens is 3. The number of anilines is 3. The first-order valence-corrected chi connectivity index (χ1v) is 6.13. The number of nitro groups is 1. The van der Waals surface area contributed by atoms with Crippen molar-refractivity contribution in [1.29, 1.82) is 0 Å². The van der Waals surface area contributed by atoms with E-state index in [0.29, 0.717) is 5.69 Å². The second-order valence-corrected chi connectivity index (χ2v) is 4.76. The van der Waals surface area contributed by atoms with Gasteiger partial charge in [0, 0.05) is 17.8 Å². The molecule has 0 fully saturated rings. The van der Waals surface area contributed by atoms with Gasteiger partial charge in [-0.15, -0.1) is 0 Å². The van der Waals surface area contributed by atoms with Gasteiger partial charge in [0.05, 0.1) is 15.1 Å². The third kappa shape index (κ3) is 2.85. The van der Waals surface area contributed by atoms with Gasteiger partial charge in [0.15, 0.2) is 0 Å². The molecule has 104 valence electrons. The third-order valence-corrected chi connectivity index (χ3v) is 3.12. The molecule has 5 nitrogen and oxygen atoms in total. The maximum absolute atomic E-state index is 13.6. The number of nitro benzene ring substituents is 1. The minimum Gasteiger partial charge on any atom is -0.393 e. The predicted octanol–water partition coefficient (Wildman–Crippen LogP) is 3.96. The van der Waals surface area contributed by atoms with E-state index in [9.17, 15) is 18.9 Å². The van der Waals surface area contributed by atoms with Crippen molar-refractivity contribution in [3.05, 3.63) is 56.6 Å². The molecule has 0 atom stereocenters. The second kappa shape index (κ2) is 5.41. The number of nitrogens with zero attached hydrogens (tertiary/aromatic N) is 1. The summed E-state index contributed by atoms with van der Waals surface area (Å²) in [6, 6.07) is 5.76. The van der Waals surface area contributed by atoms with Crippen LogP contribution < -0.4 is 11.1 Å². The van der Waals surface area contributed by atoms with E-state index < -0.39 is 16.6 Å². The van der Waals surface area contributed by atoms with Crippen LogP contribution in [0.5, 0.6) is 0 Å². The molecule has 20 heavy (non-hydrogen) atoms. The third-order valence-electron chi connectivity index (χ3n) is 2.51. The zero-order valence-corrected chi connectivity index (χ0v) is 11.4. The molecular weight excluding hydrogens is 336 g/mol. The molecule has 0 heterocycles. The predicted molar refractivity (Wildman–Crippen MR) is 74.8 cm³/mol. The summed E-state index contributed by atoms with van der Waals surface area (Å²) in [6.45, 7) is 0. The van der Waals surface area contributed by atoms with Gasteiger partial charge in [-0.2, -0.15) is 0 Å². The van der Waals surface area contributed by atoms with Crippen molar-refractivity contribution in [2.75, 3.05) is 11.1 Å². The average Bonchev–Trinajstić information content (AvgIpc) is 2.35. The lowest BCUT2D eigenvalue weighted by molar-refractivity contribution is -0.383. The van der Waals surface area contributed by atoms with Crippen LogP contribution in [0, 0.1) is 21.7 Å². The Morgan fingerprint density at radius 2 is 1.90 bits per heavy atom. The molecular formula is C12H8BrF2N3O2. The van der Waals surface area contributed by atoms with E-state index in [-0.39, 0.29) is 21.5 Å². The fourth-order valence-corrected chi connectivity index (χ4v) is 1.89. The van der Waals surface area contributed by atoms with E-state index in [0.717, 1.165) is 12.1 Å². The minimum absolute atomic E-state index is 0.00348. The molecule has 8 heteroatoms. The smallest absolute Gasteiger partial charge is 0.292 e. The van der Waals surface area contributed by atoms with Crippen molar-refractivity contribution in [3.63, 3.8) is 0 Å². The number of nitrogen functional groups attached to an aromatic ring is 1. The van der Waals surface area contributed by atoms with Crippen molar-refractivity contribution < 1.29 is 13.7 Å². The number of nitrogens with one attached hydrogen (secondary N) is 1. The second-order valence-electron chi connectivity index (χ2n) is 3.90. The summed E-state index contributed by atoms with van der Waals surface area (Å²) >= 11 is 2.86. The van der Waals surface area contributed by atoms with Crippen LogP contribution in [0.1, 0.15) is 0 Å². The highest BCUT2D eigenvalue weighted by atomic mass is 79.9. The molecule has 2 aromatic rings. The Morgan fingerprint density at radius 3 is 2.50 bits per heavy atom.